The van der Waals surface area contributed by atoms with Crippen LogP contribution in [0, 0.1) is 0 Å². The van der Waals surface area contributed by atoms with Crippen molar-refractivity contribution in [1.82, 2.24) is 9.97 Å². The van der Waals surface area contributed by atoms with Crippen molar-refractivity contribution >= 4 is 39.3 Å². The number of nitrogens with one attached hydrogen (secondary N) is 2. The number of para-hydroxylation sites is 1. The van der Waals surface area contributed by atoms with Crippen LogP contribution in [0.15, 0.2) is 66.0 Å². The number of hydrogen-bond donors (Lipinski definition) is 3. The van der Waals surface area contributed by atoms with Gasteiger partial charge >= 0.3 is 5.97 Å². The quantitative estimate of drug-likeness (QED) is 0.343. The molecular weight excluding hydrogens is 400 g/mol. The van der Waals surface area contributed by atoms with E-state index >= 15 is 0 Å². The number of carboxylic acid groups (broad SMARTS) is 1. The first kappa shape index (κ1) is 19.7. The van der Waals surface area contributed by atoms with Gasteiger partial charge in [0.2, 0.25) is 5.95 Å². The van der Waals surface area contributed by atoms with Gasteiger partial charge in [-0.3, -0.25) is 0 Å². The summed E-state index contributed by atoms with van der Waals surface area (Å²) in [5.74, 6) is 1.16. The van der Waals surface area contributed by atoms with Gasteiger partial charge in [-0.15, -0.1) is 11.3 Å². The molecule has 2 aromatic carbocycles. The molecule has 0 fully saturated rings. The Bertz CT molecular complexity index is 1130. The molecule has 3 N–H and O–H groups in total. The summed E-state index contributed by atoms with van der Waals surface area (Å²) in [6.45, 7) is 1.59. The van der Waals surface area contributed by atoms with Crippen LogP contribution in [0.25, 0.3) is 10.2 Å². The largest absolute Gasteiger partial charge is 0.492 e. The summed E-state index contributed by atoms with van der Waals surface area (Å²) in [7, 11) is 0. The summed E-state index contributed by atoms with van der Waals surface area (Å²) in [5, 5.41) is 17.5. The smallest absolute Gasteiger partial charge is 0.335 e. The molecule has 0 radical (unpaired) electrons. The Kier molecular flexibility index (Phi) is 6.05. The van der Waals surface area contributed by atoms with E-state index in [1.165, 1.54) is 0 Å². The SMILES string of the molecule is O=C(O)c1ccc(CNc2nc(NCCOc3ccccc3)nc3ccsc23)cc1. The third kappa shape index (κ3) is 4.84. The van der Waals surface area contributed by atoms with Gasteiger partial charge in [0.1, 0.15) is 18.2 Å². The second-order valence-corrected chi connectivity index (χ2v) is 7.39. The highest BCUT2D eigenvalue weighted by atomic mass is 32.1. The summed E-state index contributed by atoms with van der Waals surface area (Å²) in [6.07, 6.45) is 0. The number of ether oxygens (including phenoxy) is 1. The molecule has 0 aliphatic rings. The Hall–Kier alpha value is -3.65. The summed E-state index contributed by atoms with van der Waals surface area (Å²) in [5.41, 5.74) is 2.10. The van der Waals surface area contributed by atoms with Crippen LogP contribution in [-0.2, 0) is 6.54 Å². The third-order valence-electron chi connectivity index (χ3n) is 4.36. The van der Waals surface area contributed by atoms with Crippen molar-refractivity contribution in [2.45, 2.75) is 6.54 Å². The molecule has 0 atom stereocenters. The van der Waals surface area contributed by atoms with E-state index in [0.29, 0.717) is 25.6 Å². The van der Waals surface area contributed by atoms with Crippen molar-refractivity contribution in [3.05, 3.63) is 77.2 Å². The zero-order chi connectivity index (χ0) is 20.8. The number of hydrogen-bond acceptors (Lipinski definition) is 7. The van der Waals surface area contributed by atoms with Crippen molar-refractivity contribution < 1.29 is 14.6 Å². The van der Waals surface area contributed by atoms with Gasteiger partial charge in [-0.25, -0.2) is 9.78 Å². The first-order valence-electron chi connectivity index (χ1n) is 9.42. The van der Waals surface area contributed by atoms with Crippen LogP contribution in [0.2, 0.25) is 0 Å². The van der Waals surface area contributed by atoms with E-state index in [1.54, 1.807) is 35.6 Å². The van der Waals surface area contributed by atoms with Crippen molar-refractivity contribution in [3.8, 4) is 5.75 Å². The van der Waals surface area contributed by atoms with Gasteiger partial charge < -0.3 is 20.5 Å². The lowest BCUT2D eigenvalue weighted by Gasteiger charge is -2.11. The average Bonchev–Trinajstić information content (AvgIpc) is 3.25. The van der Waals surface area contributed by atoms with Crippen LogP contribution >= 0.6 is 11.3 Å². The fourth-order valence-electron chi connectivity index (χ4n) is 2.86. The van der Waals surface area contributed by atoms with Crippen LogP contribution in [0.1, 0.15) is 15.9 Å². The number of carbonyl (C=O) groups is 1. The van der Waals surface area contributed by atoms with Crippen LogP contribution in [0.4, 0.5) is 11.8 Å². The van der Waals surface area contributed by atoms with Crippen molar-refractivity contribution in [1.29, 1.82) is 0 Å². The highest BCUT2D eigenvalue weighted by molar-refractivity contribution is 7.17. The van der Waals surface area contributed by atoms with E-state index in [-0.39, 0.29) is 5.56 Å². The number of aromatic carboxylic acids is 1. The van der Waals surface area contributed by atoms with Gasteiger partial charge in [-0.1, -0.05) is 30.3 Å². The van der Waals surface area contributed by atoms with Crippen LogP contribution in [0.3, 0.4) is 0 Å². The first-order chi connectivity index (χ1) is 14.7. The van der Waals surface area contributed by atoms with Crippen molar-refractivity contribution in [2.75, 3.05) is 23.8 Å². The van der Waals surface area contributed by atoms with E-state index in [4.69, 9.17) is 9.84 Å². The molecule has 30 heavy (non-hydrogen) atoms. The fraction of sp³-hybridized carbons (Fsp3) is 0.136. The predicted octanol–water partition coefficient (Wildman–Crippen LogP) is 4.49. The minimum absolute atomic E-state index is 0.269. The maximum atomic E-state index is 11.0. The molecule has 0 bridgehead atoms. The van der Waals surface area contributed by atoms with Crippen LogP contribution < -0.4 is 15.4 Å². The lowest BCUT2D eigenvalue weighted by Crippen LogP contribution is -2.14. The number of aromatic nitrogens is 2. The maximum absolute atomic E-state index is 11.0. The molecule has 0 unspecified atom stereocenters. The number of carboxylic acids is 1. The molecule has 4 rings (SSSR count). The molecule has 7 nitrogen and oxygen atoms in total. The third-order valence-corrected chi connectivity index (χ3v) is 5.27. The highest BCUT2D eigenvalue weighted by Gasteiger charge is 2.09. The number of rotatable bonds is 9. The van der Waals surface area contributed by atoms with Gasteiger partial charge in [0, 0.05) is 6.54 Å². The zero-order valence-electron chi connectivity index (χ0n) is 16.0. The van der Waals surface area contributed by atoms with E-state index in [9.17, 15) is 4.79 Å². The van der Waals surface area contributed by atoms with Gasteiger partial charge in [-0.2, -0.15) is 4.98 Å². The summed E-state index contributed by atoms with van der Waals surface area (Å²) in [4.78, 5) is 20.1. The molecule has 0 amide bonds. The minimum Gasteiger partial charge on any atom is -0.492 e. The molecule has 0 saturated heterocycles. The monoisotopic (exact) mass is 420 g/mol. The number of benzene rings is 2. The minimum atomic E-state index is -0.933. The normalized spacial score (nSPS) is 10.7. The van der Waals surface area contributed by atoms with Crippen molar-refractivity contribution in [2.24, 2.45) is 0 Å². The molecule has 0 spiro atoms. The molecule has 2 heterocycles. The standard InChI is InChI=1S/C22H20N4O3S/c27-21(28)16-8-6-15(7-9-16)14-24-20-19-18(10-13-30-19)25-22(26-20)23-11-12-29-17-4-2-1-3-5-17/h1-10,13H,11-12,14H2,(H,27,28)(H2,23,24,25,26). The van der Waals surface area contributed by atoms with E-state index in [2.05, 4.69) is 20.6 Å². The number of nitrogens with zero attached hydrogens (tertiary/aromatic N) is 2. The number of thiophene rings is 1. The van der Waals surface area contributed by atoms with E-state index in [1.807, 2.05) is 41.8 Å². The van der Waals surface area contributed by atoms with Gasteiger partial charge in [0.05, 0.1) is 22.3 Å². The van der Waals surface area contributed by atoms with Crippen LogP contribution in [0.5, 0.6) is 5.75 Å². The second kappa shape index (κ2) is 9.23. The summed E-state index contributed by atoms with van der Waals surface area (Å²) in [6, 6.07) is 18.4. The predicted molar refractivity (Wildman–Crippen MR) is 119 cm³/mol. The molecule has 2 aromatic heterocycles. The molecule has 0 aliphatic carbocycles. The summed E-state index contributed by atoms with van der Waals surface area (Å²) < 4.78 is 6.66. The van der Waals surface area contributed by atoms with E-state index < -0.39 is 5.97 Å². The zero-order valence-corrected chi connectivity index (χ0v) is 16.9. The number of anilines is 2. The van der Waals surface area contributed by atoms with Gasteiger partial charge in [0.25, 0.3) is 0 Å². The maximum Gasteiger partial charge on any atom is 0.335 e. The average molecular weight is 420 g/mol. The molecular formula is C22H20N4O3S. The second-order valence-electron chi connectivity index (χ2n) is 6.47. The first-order valence-corrected chi connectivity index (χ1v) is 10.3. The van der Waals surface area contributed by atoms with Gasteiger partial charge in [-0.05, 0) is 41.3 Å². The molecule has 0 saturated carbocycles. The highest BCUT2D eigenvalue weighted by Crippen LogP contribution is 2.27. The Morgan fingerprint density at radius 2 is 1.80 bits per heavy atom. The molecule has 152 valence electrons. The topological polar surface area (TPSA) is 96.4 Å². The van der Waals surface area contributed by atoms with Crippen molar-refractivity contribution in [3.63, 3.8) is 0 Å². The fourth-order valence-corrected chi connectivity index (χ4v) is 3.66. The Morgan fingerprint density at radius 3 is 2.57 bits per heavy atom. The lowest BCUT2D eigenvalue weighted by atomic mass is 10.1. The lowest BCUT2D eigenvalue weighted by molar-refractivity contribution is 0.0697. The van der Waals surface area contributed by atoms with Gasteiger partial charge in [0.15, 0.2) is 0 Å². The Balaban J connectivity index is 1.40. The van der Waals surface area contributed by atoms with E-state index in [0.717, 1.165) is 27.3 Å². The van der Waals surface area contributed by atoms with Crippen LogP contribution in [-0.4, -0.2) is 34.2 Å². The number of fused-ring (bicyclic) bond motifs is 1. The molecule has 4 aromatic rings. The Labute approximate surface area is 177 Å². The molecule has 0 aliphatic heterocycles. The Morgan fingerprint density at radius 1 is 1.00 bits per heavy atom. The molecule has 8 heteroatoms. The summed E-state index contributed by atoms with van der Waals surface area (Å²) >= 11 is 1.57.